The predicted molar refractivity (Wildman–Crippen MR) is 92.2 cm³/mol. The van der Waals surface area contributed by atoms with Crippen LogP contribution in [-0.4, -0.2) is 61.5 Å². The van der Waals surface area contributed by atoms with Crippen LogP contribution < -0.4 is 5.32 Å². The van der Waals surface area contributed by atoms with Crippen LogP contribution in [0.15, 0.2) is 0 Å². The van der Waals surface area contributed by atoms with Gasteiger partial charge in [-0.2, -0.15) is 13.2 Å². The van der Waals surface area contributed by atoms with Gasteiger partial charge in [-0.15, -0.1) is 0 Å². The molecule has 0 aromatic carbocycles. The fourth-order valence-corrected chi connectivity index (χ4v) is 2.70. The molecule has 6 nitrogen and oxygen atoms in total. The van der Waals surface area contributed by atoms with Gasteiger partial charge >= 0.3 is 12.1 Å². The molecule has 2 N–H and O–H groups in total. The third-order valence-corrected chi connectivity index (χ3v) is 4.13. The van der Waals surface area contributed by atoms with E-state index in [4.69, 9.17) is 9.90 Å². The minimum Gasteiger partial charge on any atom is -0.400 e. The molecule has 2 aliphatic rings. The average Bonchev–Trinajstić information content (AvgIpc) is 2.93. The fourth-order valence-electron chi connectivity index (χ4n) is 2.70. The Hall–Kier alpha value is -1.64. The molecule has 1 aliphatic heterocycles. The summed E-state index contributed by atoms with van der Waals surface area (Å²) in [5.74, 6) is -0.796. The van der Waals surface area contributed by atoms with Crippen molar-refractivity contribution < 1.29 is 32.7 Å². The van der Waals surface area contributed by atoms with Crippen molar-refractivity contribution in [1.29, 1.82) is 0 Å². The maximum Gasteiger partial charge on any atom is 0.471 e. The van der Waals surface area contributed by atoms with Crippen LogP contribution in [0.2, 0.25) is 0 Å². The number of rotatable bonds is 2. The molecule has 1 heterocycles. The van der Waals surface area contributed by atoms with Gasteiger partial charge in [-0.3, -0.25) is 9.59 Å². The summed E-state index contributed by atoms with van der Waals surface area (Å²) in [4.78, 5) is 31.7. The van der Waals surface area contributed by atoms with Crippen molar-refractivity contribution in [3.63, 3.8) is 0 Å². The van der Waals surface area contributed by atoms with Crippen molar-refractivity contribution in [2.24, 2.45) is 23.2 Å². The topological polar surface area (TPSA) is 86.7 Å². The standard InChI is InChI=1S/C11H15F3N2O2.C4H10.CH4O.CH2O/c1-10(2)6-4-16(5-7(6)10)8(17)3-15-9(18)11(12,13)14;1-4(2)3;2*1-2/h6-7H,3-5H2,1-2H3,(H,15,18);4H,1-3H3;2H,1H3;1H2. The van der Waals surface area contributed by atoms with Gasteiger partial charge < -0.3 is 20.1 Å². The molecule has 0 aromatic rings. The maximum atomic E-state index is 11.9. The highest BCUT2D eigenvalue weighted by Gasteiger charge is 2.62. The Morgan fingerprint density at radius 1 is 1.15 bits per heavy atom. The van der Waals surface area contributed by atoms with Crippen LogP contribution >= 0.6 is 0 Å². The lowest BCUT2D eigenvalue weighted by Crippen LogP contribution is -2.44. The summed E-state index contributed by atoms with van der Waals surface area (Å²) >= 11 is 0. The summed E-state index contributed by atoms with van der Waals surface area (Å²) in [6.45, 7) is 13.3. The van der Waals surface area contributed by atoms with Gasteiger partial charge in [-0.1, -0.05) is 34.6 Å². The van der Waals surface area contributed by atoms with Crippen LogP contribution in [0.1, 0.15) is 34.6 Å². The van der Waals surface area contributed by atoms with Crippen LogP contribution in [0, 0.1) is 23.2 Å². The Bertz CT molecular complexity index is 437. The van der Waals surface area contributed by atoms with E-state index >= 15 is 0 Å². The van der Waals surface area contributed by atoms with Crippen molar-refractivity contribution in [3.05, 3.63) is 0 Å². The van der Waals surface area contributed by atoms with Gasteiger partial charge in [0.25, 0.3) is 0 Å². The number of carbonyl (C=O) groups excluding carboxylic acids is 3. The summed E-state index contributed by atoms with van der Waals surface area (Å²) in [6, 6.07) is 0. The Kier molecular flexibility index (Phi) is 11.4. The molecule has 2 amide bonds. The number of amides is 2. The zero-order valence-electron chi connectivity index (χ0n) is 16.3. The molecule has 2 fully saturated rings. The Morgan fingerprint density at radius 3 is 1.81 bits per heavy atom. The second kappa shape index (κ2) is 11.2. The number of halogens is 3. The summed E-state index contributed by atoms with van der Waals surface area (Å²) in [5, 5.41) is 8.59. The number of fused-ring (bicyclic) bond motifs is 1. The second-order valence-corrected chi connectivity index (χ2v) is 7.25. The number of hydrogen-bond donors (Lipinski definition) is 2. The van der Waals surface area contributed by atoms with E-state index in [1.165, 1.54) is 4.90 Å². The van der Waals surface area contributed by atoms with E-state index in [9.17, 15) is 22.8 Å². The molecule has 0 radical (unpaired) electrons. The lowest BCUT2D eigenvalue weighted by molar-refractivity contribution is -0.174. The van der Waals surface area contributed by atoms with Crippen LogP contribution in [0.3, 0.4) is 0 Å². The highest BCUT2D eigenvalue weighted by Crippen LogP contribution is 2.61. The molecular weight excluding hydrogens is 353 g/mol. The molecule has 1 saturated heterocycles. The van der Waals surface area contributed by atoms with Crippen LogP contribution in [0.4, 0.5) is 13.2 Å². The quantitative estimate of drug-likeness (QED) is 0.761. The largest absolute Gasteiger partial charge is 0.471 e. The SMILES string of the molecule is C=O.CC(C)C.CC1(C)C2CN(C(=O)CNC(=O)C(F)(F)F)CC21.CO. The molecule has 0 spiro atoms. The minimum absolute atomic E-state index is 0.242. The van der Waals surface area contributed by atoms with Gasteiger partial charge in [-0.25, -0.2) is 0 Å². The van der Waals surface area contributed by atoms with E-state index in [2.05, 4.69) is 34.6 Å². The lowest BCUT2D eigenvalue weighted by atomic mass is 10.1. The van der Waals surface area contributed by atoms with Gasteiger partial charge in [0.2, 0.25) is 5.91 Å². The fraction of sp³-hybridized carbons (Fsp3) is 0.824. The van der Waals surface area contributed by atoms with Crippen molar-refractivity contribution in [2.75, 3.05) is 26.7 Å². The molecule has 2 rings (SSSR count). The number of aliphatic hydroxyl groups is 1. The minimum atomic E-state index is -4.94. The predicted octanol–water partition coefficient (Wildman–Crippen LogP) is 1.87. The first-order chi connectivity index (χ1) is 11.9. The van der Waals surface area contributed by atoms with E-state index in [1.54, 1.807) is 5.32 Å². The average molecular weight is 384 g/mol. The van der Waals surface area contributed by atoms with E-state index in [0.29, 0.717) is 24.9 Å². The molecule has 26 heavy (non-hydrogen) atoms. The maximum absolute atomic E-state index is 11.9. The number of nitrogens with zero attached hydrogens (tertiary/aromatic N) is 1. The first-order valence-corrected chi connectivity index (χ1v) is 8.23. The summed E-state index contributed by atoms with van der Waals surface area (Å²) < 4.78 is 35.7. The highest BCUT2D eigenvalue weighted by molar-refractivity contribution is 5.87. The van der Waals surface area contributed by atoms with E-state index in [1.807, 2.05) is 6.79 Å². The highest BCUT2D eigenvalue weighted by atomic mass is 19.4. The molecule has 1 saturated carbocycles. The van der Waals surface area contributed by atoms with E-state index in [0.717, 1.165) is 13.0 Å². The number of carbonyl (C=O) groups is 3. The third kappa shape index (κ3) is 8.16. The van der Waals surface area contributed by atoms with Crippen LogP contribution in [-0.2, 0) is 14.4 Å². The normalized spacial score (nSPS) is 21.7. The molecule has 2 unspecified atom stereocenters. The molecule has 0 aromatic heterocycles. The van der Waals surface area contributed by atoms with Crippen molar-refractivity contribution >= 4 is 18.6 Å². The van der Waals surface area contributed by atoms with Gasteiger partial charge in [-0.05, 0) is 23.2 Å². The van der Waals surface area contributed by atoms with Crippen LogP contribution in [0.5, 0.6) is 0 Å². The zero-order valence-corrected chi connectivity index (χ0v) is 16.3. The van der Waals surface area contributed by atoms with Crippen molar-refractivity contribution in [2.45, 2.75) is 40.8 Å². The van der Waals surface area contributed by atoms with E-state index in [-0.39, 0.29) is 5.41 Å². The zero-order chi connectivity index (χ0) is 21.3. The second-order valence-electron chi connectivity index (χ2n) is 7.25. The van der Waals surface area contributed by atoms with Crippen molar-refractivity contribution in [1.82, 2.24) is 10.2 Å². The van der Waals surface area contributed by atoms with Gasteiger partial charge in [0.05, 0.1) is 6.54 Å². The number of alkyl halides is 3. The third-order valence-electron chi connectivity index (χ3n) is 4.13. The number of hydrogen-bond acceptors (Lipinski definition) is 4. The Labute approximate surface area is 153 Å². The monoisotopic (exact) mass is 384 g/mol. The first kappa shape index (κ1) is 26.6. The molecular formula is C17H31F3N2O4. The Balaban J connectivity index is 0. The van der Waals surface area contributed by atoms with Crippen LogP contribution in [0.25, 0.3) is 0 Å². The lowest BCUT2D eigenvalue weighted by Gasteiger charge is -2.22. The van der Waals surface area contributed by atoms with E-state index < -0.39 is 24.5 Å². The summed E-state index contributed by atoms with van der Waals surface area (Å²) in [5.41, 5.74) is 0.242. The Morgan fingerprint density at radius 2 is 1.50 bits per heavy atom. The first-order valence-electron chi connectivity index (χ1n) is 8.23. The number of piperidine rings is 1. The smallest absolute Gasteiger partial charge is 0.400 e. The summed E-state index contributed by atoms with van der Waals surface area (Å²) in [7, 11) is 1.00. The molecule has 2 atom stereocenters. The molecule has 0 bridgehead atoms. The summed E-state index contributed by atoms with van der Waals surface area (Å²) in [6.07, 6.45) is -4.94. The van der Waals surface area contributed by atoms with Gasteiger partial charge in [0, 0.05) is 20.2 Å². The van der Waals surface area contributed by atoms with Gasteiger partial charge in [0.1, 0.15) is 6.79 Å². The number of likely N-dealkylation sites (tertiary alicyclic amines) is 1. The molecule has 1 aliphatic carbocycles. The number of aliphatic hydroxyl groups excluding tert-OH is 1. The van der Waals surface area contributed by atoms with Gasteiger partial charge in [0.15, 0.2) is 0 Å². The molecule has 9 heteroatoms. The molecule has 154 valence electrons. The van der Waals surface area contributed by atoms with Crippen molar-refractivity contribution in [3.8, 4) is 0 Å². The number of nitrogens with one attached hydrogen (secondary N) is 1.